The van der Waals surface area contributed by atoms with E-state index in [1.165, 1.54) is 0 Å². The second-order valence-corrected chi connectivity index (χ2v) is 7.57. The zero-order chi connectivity index (χ0) is 15.7. The van der Waals surface area contributed by atoms with E-state index in [-0.39, 0.29) is 11.3 Å². The zero-order valence-electron chi connectivity index (χ0n) is 12.8. The van der Waals surface area contributed by atoms with Gasteiger partial charge in [0.1, 0.15) is 9.34 Å². The van der Waals surface area contributed by atoms with Gasteiger partial charge in [0.15, 0.2) is 0 Å². The molecule has 0 radical (unpaired) electrons. The number of piperidine rings is 1. The lowest BCUT2D eigenvalue weighted by Crippen LogP contribution is -2.43. The number of nitrogens with zero attached hydrogens (tertiary/aromatic N) is 4. The van der Waals surface area contributed by atoms with Crippen molar-refractivity contribution in [2.24, 2.45) is 0 Å². The highest BCUT2D eigenvalue weighted by Gasteiger charge is 2.36. The fourth-order valence-corrected chi connectivity index (χ4v) is 3.89. The van der Waals surface area contributed by atoms with Gasteiger partial charge < -0.3 is 4.90 Å². The maximum Gasteiger partial charge on any atom is 0.257 e. The molecule has 7 heteroatoms. The number of aromatic nitrogens is 3. The lowest BCUT2D eigenvalue weighted by molar-refractivity contribution is 0.0676. The maximum absolute atomic E-state index is 12.5. The number of halogens is 1. The molecule has 118 valence electrons. The van der Waals surface area contributed by atoms with Crippen molar-refractivity contribution >= 4 is 28.8 Å². The fraction of sp³-hybridized carbons (Fsp3) is 0.533. The van der Waals surface area contributed by atoms with E-state index in [1.807, 2.05) is 18.0 Å². The van der Waals surface area contributed by atoms with Gasteiger partial charge in [0, 0.05) is 31.2 Å². The second kappa shape index (κ2) is 6.01. The van der Waals surface area contributed by atoms with Crippen molar-refractivity contribution in [3.05, 3.63) is 33.5 Å². The summed E-state index contributed by atoms with van der Waals surface area (Å²) < 4.78 is 2.50. The quantitative estimate of drug-likeness (QED) is 0.863. The summed E-state index contributed by atoms with van der Waals surface area (Å²) in [6.45, 7) is 6.47. The number of thiazole rings is 1. The first-order valence-electron chi connectivity index (χ1n) is 7.45. The molecule has 1 fully saturated rings. The highest BCUT2D eigenvalue weighted by molar-refractivity contribution is 7.15. The molecular weight excluding hydrogens is 320 g/mol. The van der Waals surface area contributed by atoms with Crippen LogP contribution in [0.4, 0.5) is 0 Å². The predicted molar refractivity (Wildman–Crippen MR) is 87.5 cm³/mol. The molecule has 2 aromatic heterocycles. The number of carbonyl (C=O) groups excluding carboxylic acids is 1. The molecule has 1 amide bonds. The molecule has 0 saturated carbocycles. The number of likely N-dealkylation sites (tertiary alicyclic amines) is 1. The first-order valence-corrected chi connectivity index (χ1v) is 8.65. The van der Waals surface area contributed by atoms with Crippen LogP contribution in [0.3, 0.4) is 0 Å². The Kier molecular flexibility index (Phi) is 4.23. The molecule has 22 heavy (non-hydrogen) atoms. The van der Waals surface area contributed by atoms with Crippen molar-refractivity contribution in [1.29, 1.82) is 0 Å². The molecule has 1 aliphatic heterocycles. The Morgan fingerprint density at radius 2 is 2.14 bits per heavy atom. The zero-order valence-corrected chi connectivity index (χ0v) is 14.3. The predicted octanol–water partition coefficient (Wildman–Crippen LogP) is 3.21. The van der Waals surface area contributed by atoms with E-state index in [4.69, 9.17) is 11.6 Å². The lowest BCUT2D eigenvalue weighted by Gasteiger charge is -2.38. The second-order valence-electron chi connectivity index (χ2n) is 5.91. The van der Waals surface area contributed by atoms with Gasteiger partial charge in [-0.05, 0) is 19.8 Å². The van der Waals surface area contributed by atoms with Gasteiger partial charge in [-0.2, -0.15) is 5.10 Å². The third-order valence-electron chi connectivity index (χ3n) is 4.35. The topological polar surface area (TPSA) is 51.0 Å². The smallest absolute Gasteiger partial charge is 0.257 e. The van der Waals surface area contributed by atoms with Gasteiger partial charge in [-0.15, -0.1) is 11.3 Å². The minimum atomic E-state index is 0.0161. The molecule has 0 bridgehead atoms. The Balaban J connectivity index is 1.67. The van der Waals surface area contributed by atoms with Crippen LogP contribution in [0.15, 0.2) is 18.6 Å². The molecule has 0 unspecified atom stereocenters. The highest BCUT2D eigenvalue weighted by atomic mass is 35.5. The average molecular weight is 339 g/mol. The van der Waals surface area contributed by atoms with Gasteiger partial charge in [-0.3, -0.25) is 9.48 Å². The van der Waals surface area contributed by atoms with Crippen molar-refractivity contribution in [2.45, 2.75) is 38.6 Å². The number of aryl methyl sites for hydroxylation is 1. The van der Waals surface area contributed by atoms with Gasteiger partial charge >= 0.3 is 0 Å². The molecule has 0 aliphatic carbocycles. The molecule has 1 aliphatic rings. The third-order valence-corrected chi connectivity index (χ3v) is 5.77. The van der Waals surface area contributed by atoms with E-state index in [0.717, 1.165) is 41.8 Å². The number of amides is 1. The monoisotopic (exact) mass is 338 g/mol. The summed E-state index contributed by atoms with van der Waals surface area (Å²) in [5.41, 5.74) is 0.685. The summed E-state index contributed by atoms with van der Waals surface area (Å²) in [7, 11) is 0. The summed E-state index contributed by atoms with van der Waals surface area (Å²) >= 11 is 7.54. The van der Waals surface area contributed by atoms with Crippen LogP contribution in [-0.2, 0) is 12.0 Å². The fourth-order valence-electron chi connectivity index (χ4n) is 2.78. The van der Waals surface area contributed by atoms with Gasteiger partial charge in [0.25, 0.3) is 5.91 Å². The lowest BCUT2D eigenvalue weighted by atomic mass is 9.81. The van der Waals surface area contributed by atoms with Crippen molar-refractivity contribution in [3.63, 3.8) is 0 Å². The molecule has 0 atom stereocenters. The number of rotatable bonds is 3. The van der Waals surface area contributed by atoms with Gasteiger partial charge in [0.2, 0.25) is 0 Å². The molecule has 2 aromatic rings. The molecule has 3 rings (SSSR count). The average Bonchev–Trinajstić information content (AvgIpc) is 3.16. The normalized spacial score (nSPS) is 17.7. The Labute approximate surface area is 138 Å². The SMILES string of the molecule is CCn1cc(C(=O)N2CCC(C)(c3ncc(Cl)s3)CC2)cn1. The van der Waals surface area contributed by atoms with Gasteiger partial charge in [0.05, 0.1) is 18.0 Å². The van der Waals surface area contributed by atoms with Crippen LogP contribution in [0.5, 0.6) is 0 Å². The molecule has 0 N–H and O–H groups in total. The summed E-state index contributed by atoms with van der Waals surface area (Å²) in [6.07, 6.45) is 7.00. The first kappa shape index (κ1) is 15.5. The van der Waals surface area contributed by atoms with Gasteiger partial charge in [-0.25, -0.2) is 4.98 Å². The highest BCUT2D eigenvalue weighted by Crippen LogP contribution is 2.38. The van der Waals surface area contributed by atoms with Crippen molar-refractivity contribution in [2.75, 3.05) is 13.1 Å². The summed E-state index contributed by atoms with van der Waals surface area (Å²) in [5.74, 6) is 0.0684. The Hall–Kier alpha value is -1.40. The number of hydrogen-bond acceptors (Lipinski definition) is 4. The molecule has 5 nitrogen and oxygen atoms in total. The Morgan fingerprint density at radius 1 is 1.41 bits per heavy atom. The minimum absolute atomic E-state index is 0.0161. The Morgan fingerprint density at radius 3 is 2.68 bits per heavy atom. The summed E-state index contributed by atoms with van der Waals surface area (Å²) in [5, 5.41) is 5.25. The van der Waals surface area contributed by atoms with Crippen LogP contribution >= 0.6 is 22.9 Å². The number of hydrogen-bond donors (Lipinski definition) is 0. The summed E-state index contributed by atoms with van der Waals surface area (Å²) in [6, 6.07) is 0. The molecule has 3 heterocycles. The van der Waals surface area contributed by atoms with E-state index in [2.05, 4.69) is 17.0 Å². The van der Waals surface area contributed by atoms with Crippen LogP contribution in [0, 0.1) is 0 Å². The first-order chi connectivity index (χ1) is 10.5. The van der Waals surface area contributed by atoms with Gasteiger partial charge in [-0.1, -0.05) is 18.5 Å². The van der Waals surface area contributed by atoms with Crippen LogP contribution < -0.4 is 0 Å². The standard InChI is InChI=1S/C15H19ClN4OS/c1-3-20-10-11(8-18-20)13(21)19-6-4-15(2,5-7-19)14-17-9-12(16)22-14/h8-10H,3-7H2,1-2H3. The number of carbonyl (C=O) groups is 1. The maximum atomic E-state index is 12.5. The minimum Gasteiger partial charge on any atom is -0.338 e. The summed E-state index contributed by atoms with van der Waals surface area (Å²) in [4.78, 5) is 18.9. The van der Waals surface area contributed by atoms with Crippen LogP contribution in [0.25, 0.3) is 0 Å². The molecular formula is C15H19ClN4OS. The Bertz CT molecular complexity index is 673. The largest absolute Gasteiger partial charge is 0.338 e. The van der Waals surface area contributed by atoms with E-state index in [9.17, 15) is 4.79 Å². The molecule has 1 saturated heterocycles. The van der Waals surface area contributed by atoms with E-state index in [1.54, 1.807) is 28.4 Å². The molecule has 0 aromatic carbocycles. The van der Waals surface area contributed by atoms with Crippen LogP contribution in [-0.4, -0.2) is 38.7 Å². The van der Waals surface area contributed by atoms with E-state index >= 15 is 0 Å². The molecule has 0 spiro atoms. The van der Waals surface area contributed by atoms with Crippen molar-refractivity contribution < 1.29 is 4.79 Å². The van der Waals surface area contributed by atoms with Crippen LogP contribution in [0.2, 0.25) is 4.34 Å². The van der Waals surface area contributed by atoms with Crippen molar-refractivity contribution in [1.82, 2.24) is 19.7 Å². The van der Waals surface area contributed by atoms with E-state index < -0.39 is 0 Å². The third kappa shape index (κ3) is 2.90. The van der Waals surface area contributed by atoms with Crippen LogP contribution in [0.1, 0.15) is 42.1 Å². The van der Waals surface area contributed by atoms with E-state index in [0.29, 0.717) is 5.56 Å². The van der Waals surface area contributed by atoms with Crippen molar-refractivity contribution in [3.8, 4) is 0 Å².